The molecule has 0 amide bonds. The van der Waals surface area contributed by atoms with Crippen molar-refractivity contribution in [2.24, 2.45) is 0 Å². The minimum Gasteiger partial charge on any atom is -0.377 e. The summed E-state index contributed by atoms with van der Waals surface area (Å²) < 4.78 is 14.9. The number of fused-ring (bicyclic) bond motifs is 1. The molecule has 136 valence electrons. The third kappa shape index (κ3) is 3.79. The van der Waals surface area contributed by atoms with Crippen LogP contribution in [0.2, 0.25) is 0 Å². The van der Waals surface area contributed by atoms with E-state index < -0.39 is 17.6 Å². The number of hydrogen-bond acceptors (Lipinski definition) is 5. The largest absolute Gasteiger partial charge is 0.377 e. The molecule has 0 aliphatic carbocycles. The topological polar surface area (TPSA) is 80.0 Å². The summed E-state index contributed by atoms with van der Waals surface area (Å²) in [6.45, 7) is 5.54. The molecule has 2 N–H and O–H groups in total. The summed E-state index contributed by atoms with van der Waals surface area (Å²) in [6.07, 6.45) is -1.01. The molecule has 26 heavy (non-hydrogen) atoms. The Balaban J connectivity index is 1.79. The lowest BCUT2D eigenvalue weighted by atomic mass is 10.1. The molecule has 1 heterocycles. The summed E-state index contributed by atoms with van der Waals surface area (Å²) in [5.41, 5.74) is 2.25. The van der Waals surface area contributed by atoms with Gasteiger partial charge in [0.25, 0.3) is 5.56 Å². The molecule has 0 fully saturated rings. The first-order valence-corrected chi connectivity index (χ1v) is 8.39. The average Bonchev–Trinajstić information content (AvgIpc) is 2.58. The van der Waals surface area contributed by atoms with Crippen molar-refractivity contribution in [2.75, 3.05) is 0 Å². The standard InChI is InChI=1S/C19H21FN4O2/c1-11-4-6-14(7-5-11)13(3)21-17(25)10-24-19(26)15-8-12(2)9-16(20)18(15)22-23-24/h4-9,13,17,21,25H,10H2,1-3H3/t13-,17?/m0/s1. The Morgan fingerprint density at radius 1 is 1.19 bits per heavy atom. The zero-order chi connectivity index (χ0) is 18.8. The van der Waals surface area contributed by atoms with Crippen LogP contribution >= 0.6 is 0 Å². The summed E-state index contributed by atoms with van der Waals surface area (Å²) in [5.74, 6) is -0.580. The van der Waals surface area contributed by atoms with E-state index >= 15 is 0 Å². The predicted octanol–water partition coefficient (Wildman–Crippen LogP) is 2.22. The molecule has 1 unspecified atom stereocenters. The Morgan fingerprint density at radius 3 is 2.58 bits per heavy atom. The van der Waals surface area contributed by atoms with Crippen LogP contribution in [0.5, 0.6) is 0 Å². The molecule has 1 aromatic heterocycles. The van der Waals surface area contributed by atoms with Gasteiger partial charge in [-0.2, -0.15) is 0 Å². The lowest BCUT2D eigenvalue weighted by Gasteiger charge is -2.19. The highest BCUT2D eigenvalue weighted by atomic mass is 19.1. The minimum atomic E-state index is -1.01. The van der Waals surface area contributed by atoms with Gasteiger partial charge in [-0.25, -0.2) is 9.07 Å². The molecular weight excluding hydrogens is 335 g/mol. The van der Waals surface area contributed by atoms with E-state index in [9.17, 15) is 14.3 Å². The quantitative estimate of drug-likeness (QED) is 0.685. The fraction of sp³-hybridized carbons (Fsp3) is 0.316. The number of nitrogens with zero attached hydrogens (tertiary/aromatic N) is 3. The fourth-order valence-electron chi connectivity index (χ4n) is 2.85. The number of aliphatic hydroxyl groups excluding tert-OH is 1. The molecule has 0 saturated heterocycles. The summed E-state index contributed by atoms with van der Waals surface area (Å²) in [5, 5.41) is 21.0. The van der Waals surface area contributed by atoms with Crippen LogP contribution in [0.25, 0.3) is 10.9 Å². The number of aromatic nitrogens is 3. The lowest BCUT2D eigenvalue weighted by molar-refractivity contribution is 0.0998. The molecule has 3 rings (SSSR count). The number of aliphatic hydroxyl groups is 1. The highest BCUT2D eigenvalue weighted by Gasteiger charge is 2.15. The van der Waals surface area contributed by atoms with Gasteiger partial charge in [-0.05, 0) is 44.0 Å². The van der Waals surface area contributed by atoms with Gasteiger partial charge in [0.2, 0.25) is 0 Å². The van der Waals surface area contributed by atoms with Gasteiger partial charge in [0, 0.05) is 6.04 Å². The zero-order valence-electron chi connectivity index (χ0n) is 14.9. The smallest absolute Gasteiger partial charge is 0.277 e. The molecule has 7 heteroatoms. The third-order valence-electron chi connectivity index (χ3n) is 4.29. The van der Waals surface area contributed by atoms with E-state index in [1.807, 2.05) is 38.1 Å². The van der Waals surface area contributed by atoms with Gasteiger partial charge >= 0.3 is 0 Å². The first-order valence-electron chi connectivity index (χ1n) is 8.39. The second-order valence-electron chi connectivity index (χ2n) is 6.53. The molecular formula is C19H21FN4O2. The van der Waals surface area contributed by atoms with E-state index in [4.69, 9.17) is 0 Å². The number of nitrogens with one attached hydrogen (secondary N) is 1. The normalized spacial score (nSPS) is 13.7. The van der Waals surface area contributed by atoms with Gasteiger partial charge in [0.15, 0.2) is 5.82 Å². The van der Waals surface area contributed by atoms with Crippen LogP contribution in [0.4, 0.5) is 4.39 Å². The lowest BCUT2D eigenvalue weighted by Crippen LogP contribution is -2.39. The van der Waals surface area contributed by atoms with Gasteiger partial charge in [-0.1, -0.05) is 35.0 Å². The molecule has 0 saturated carbocycles. The second kappa shape index (κ2) is 7.31. The maximum Gasteiger partial charge on any atom is 0.277 e. The SMILES string of the molecule is Cc1ccc([C@H](C)NC(O)Cn2nnc3c(F)cc(C)cc3c2=O)cc1. The number of hydrogen-bond donors (Lipinski definition) is 2. The summed E-state index contributed by atoms with van der Waals surface area (Å²) >= 11 is 0. The first-order chi connectivity index (χ1) is 12.3. The van der Waals surface area contributed by atoms with Crippen molar-refractivity contribution in [3.8, 4) is 0 Å². The molecule has 2 atom stereocenters. The molecule has 0 aliphatic heterocycles. The van der Waals surface area contributed by atoms with E-state index in [0.717, 1.165) is 15.8 Å². The predicted molar refractivity (Wildman–Crippen MR) is 97.2 cm³/mol. The summed E-state index contributed by atoms with van der Waals surface area (Å²) in [6, 6.07) is 10.7. The summed E-state index contributed by atoms with van der Waals surface area (Å²) in [7, 11) is 0. The highest BCUT2D eigenvalue weighted by Crippen LogP contribution is 2.15. The second-order valence-corrected chi connectivity index (χ2v) is 6.53. The number of aryl methyl sites for hydroxylation is 2. The Morgan fingerprint density at radius 2 is 1.88 bits per heavy atom. The Kier molecular flexibility index (Phi) is 5.11. The van der Waals surface area contributed by atoms with E-state index in [0.29, 0.717) is 5.56 Å². The van der Waals surface area contributed by atoms with Crippen LogP contribution in [0, 0.1) is 19.7 Å². The molecule has 3 aromatic rings. The molecule has 0 radical (unpaired) electrons. The fourth-order valence-corrected chi connectivity index (χ4v) is 2.85. The molecule has 6 nitrogen and oxygen atoms in total. The van der Waals surface area contributed by atoms with Gasteiger partial charge < -0.3 is 5.11 Å². The van der Waals surface area contributed by atoms with Crippen LogP contribution < -0.4 is 10.9 Å². The molecule has 0 spiro atoms. The Bertz CT molecular complexity index is 985. The van der Waals surface area contributed by atoms with E-state index in [1.54, 1.807) is 13.0 Å². The van der Waals surface area contributed by atoms with Crippen LogP contribution in [0.15, 0.2) is 41.2 Å². The van der Waals surface area contributed by atoms with E-state index in [1.165, 1.54) is 6.07 Å². The van der Waals surface area contributed by atoms with Crippen LogP contribution in [0.3, 0.4) is 0 Å². The zero-order valence-corrected chi connectivity index (χ0v) is 14.9. The van der Waals surface area contributed by atoms with Gasteiger partial charge in [-0.3, -0.25) is 10.1 Å². The third-order valence-corrected chi connectivity index (χ3v) is 4.29. The van der Waals surface area contributed by atoms with Crippen LogP contribution in [-0.4, -0.2) is 26.3 Å². The Labute approximate surface area is 150 Å². The maximum absolute atomic E-state index is 13.9. The average molecular weight is 356 g/mol. The van der Waals surface area contributed by atoms with Crippen LogP contribution in [-0.2, 0) is 6.54 Å². The number of halogens is 1. The molecule has 2 aromatic carbocycles. The molecule has 0 bridgehead atoms. The van der Waals surface area contributed by atoms with Crippen molar-refractivity contribution < 1.29 is 9.50 Å². The van der Waals surface area contributed by atoms with Crippen molar-refractivity contribution in [1.29, 1.82) is 0 Å². The van der Waals surface area contributed by atoms with Crippen molar-refractivity contribution >= 4 is 10.9 Å². The van der Waals surface area contributed by atoms with E-state index in [-0.39, 0.29) is 23.5 Å². The highest BCUT2D eigenvalue weighted by molar-refractivity contribution is 5.78. The van der Waals surface area contributed by atoms with E-state index in [2.05, 4.69) is 15.6 Å². The van der Waals surface area contributed by atoms with Gasteiger partial charge in [0.05, 0.1) is 11.9 Å². The van der Waals surface area contributed by atoms with Crippen LogP contribution in [0.1, 0.15) is 29.7 Å². The van der Waals surface area contributed by atoms with Crippen molar-refractivity contribution in [3.05, 3.63) is 69.3 Å². The maximum atomic E-state index is 13.9. The van der Waals surface area contributed by atoms with Crippen molar-refractivity contribution in [1.82, 2.24) is 20.3 Å². The summed E-state index contributed by atoms with van der Waals surface area (Å²) in [4.78, 5) is 12.5. The monoisotopic (exact) mass is 356 g/mol. The van der Waals surface area contributed by atoms with Crippen molar-refractivity contribution in [2.45, 2.75) is 39.6 Å². The minimum absolute atomic E-state index is 0.0627. The van der Waals surface area contributed by atoms with Crippen molar-refractivity contribution in [3.63, 3.8) is 0 Å². The van der Waals surface area contributed by atoms with Gasteiger partial charge in [-0.15, -0.1) is 5.10 Å². The first kappa shape index (κ1) is 18.2. The number of benzene rings is 2. The molecule has 0 aliphatic rings. The van der Waals surface area contributed by atoms with Gasteiger partial charge in [0.1, 0.15) is 11.7 Å². The Hall–Kier alpha value is -2.64. The number of rotatable bonds is 5.